The molecule has 7 heteroatoms. The molecule has 0 aliphatic carbocycles. The Hall–Kier alpha value is 2.45. The van der Waals surface area contributed by atoms with E-state index in [0.717, 1.165) is 34.5 Å². The van der Waals surface area contributed by atoms with Crippen LogP contribution in [0.4, 0.5) is 0 Å². The summed E-state index contributed by atoms with van der Waals surface area (Å²) in [5.41, 5.74) is 0. The lowest BCUT2D eigenvalue weighted by molar-refractivity contribution is 1.12. The first kappa shape index (κ1) is 19.4. The van der Waals surface area contributed by atoms with Crippen LogP contribution in [0.1, 0.15) is 0 Å². The Morgan fingerprint density at radius 3 is 1.41 bits per heavy atom. The van der Waals surface area contributed by atoms with Crippen molar-refractivity contribution in [1.29, 1.82) is 0 Å². The largest absolute Gasteiger partial charge is 0.179 e. The number of hydrogen-bond acceptors (Lipinski definition) is 7. The molecule has 0 aromatic carbocycles. The van der Waals surface area contributed by atoms with E-state index in [1.54, 1.807) is 0 Å². The Kier molecular flexibility index (Phi) is 17.0. The second kappa shape index (κ2) is 14.9. The van der Waals surface area contributed by atoms with E-state index in [1.807, 2.05) is 35.3 Å². The van der Waals surface area contributed by atoms with E-state index in [9.17, 15) is 0 Å². The highest BCUT2D eigenvalue weighted by atomic mass is 32.2. The topological polar surface area (TPSA) is 0 Å². The molecule has 2 atom stereocenters. The third-order valence-electron chi connectivity index (χ3n) is 1.90. The molecular formula is C10H22S7. The van der Waals surface area contributed by atoms with Crippen molar-refractivity contribution in [2.75, 3.05) is 46.0 Å². The highest BCUT2D eigenvalue weighted by Gasteiger charge is 2.10. The zero-order valence-electron chi connectivity index (χ0n) is 9.83. The van der Waals surface area contributed by atoms with Crippen LogP contribution in [0, 0.1) is 0 Å². The fourth-order valence-electron chi connectivity index (χ4n) is 1.08. The van der Waals surface area contributed by atoms with Crippen LogP contribution in [0.5, 0.6) is 0 Å². The summed E-state index contributed by atoms with van der Waals surface area (Å²) < 4.78 is 0. The molecular weight excluding hydrogens is 345 g/mol. The fraction of sp³-hybridized carbons (Fsp3) is 1.00. The molecule has 17 heavy (non-hydrogen) atoms. The smallest absolute Gasteiger partial charge is 0.0226 e. The standard InChI is InChI=1S/C10H22S7/c11-1-3-16-9(5-13)7-15-8-10(6-14)17-4-2-12/h9-14H,1-8H2/t9-,10?/m1/s1. The molecule has 0 saturated heterocycles. The third kappa shape index (κ3) is 11.9. The molecule has 0 aromatic rings. The minimum Gasteiger partial charge on any atom is -0.179 e. The molecule has 0 aliphatic heterocycles. The van der Waals surface area contributed by atoms with Gasteiger partial charge in [0.2, 0.25) is 0 Å². The average molecular weight is 367 g/mol. The van der Waals surface area contributed by atoms with Gasteiger partial charge in [0, 0.05) is 45.0 Å². The van der Waals surface area contributed by atoms with E-state index in [1.165, 1.54) is 11.5 Å². The number of thiol groups is 4. The summed E-state index contributed by atoms with van der Waals surface area (Å²) in [5, 5.41) is 1.32. The molecule has 0 rings (SSSR count). The molecule has 104 valence electrons. The predicted octanol–water partition coefficient (Wildman–Crippen LogP) is 3.64. The predicted molar refractivity (Wildman–Crippen MR) is 105 cm³/mol. The van der Waals surface area contributed by atoms with Crippen LogP contribution in [0.15, 0.2) is 0 Å². The van der Waals surface area contributed by atoms with E-state index < -0.39 is 0 Å². The molecule has 0 saturated carbocycles. The summed E-state index contributed by atoms with van der Waals surface area (Å²) in [6, 6.07) is 0. The lowest BCUT2D eigenvalue weighted by Gasteiger charge is -2.16. The van der Waals surface area contributed by atoms with Crippen LogP contribution in [-0.4, -0.2) is 56.5 Å². The molecule has 0 N–H and O–H groups in total. The normalized spacial score (nSPS) is 14.8. The number of hydrogen-bond donors (Lipinski definition) is 4. The van der Waals surface area contributed by atoms with Gasteiger partial charge >= 0.3 is 0 Å². The van der Waals surface area contributed by atoms with Gasteiger partial charge in [0.15, 0.2) is 0 Å². The van der Waals surface area contributed by atoms with Gasteiger partial charge in [0.25, 0.3) is 0 Å². The molecule has 0 spiro atoms. The van der Waals surface area contributed by atoms with Crippen LogP contribution in [0.25, 0.3) is 0 Å². The average Bonchev–Trinajstić information content (AvgIpc) is 2.37. The molecule has 0 nitrogen and oxygen atoms in total. The second-order valence-electron chi connectivity index (χ2n) is 3.34. The zero-order valence-corrected chi connectivity index (χ0v) is 15.9. The molecule has 0 aromatic heterocycles. The first-order valence-corrected chi connectivity index (χ1v) is 11.3. The molecule has 0 amide bonds. The van der Waals surface area contributed by atoms with E-state index >= 15 is 0 Å². The van der Waals surface area contributed by atoms with Crippen molar-refractivity contribution in [2.45, 2.75) is 10.5 Å². The highest BCUT2D eigenvalue weighted by Crippen LogP contribution is 2.22. The van der Waals surface area contributed by atoms with Crippen LogP contribution >= 0.6 is 85.8 Å². The van der Waals surface area contributed by atoms with Gasteiger partial charge in [0.05, 0.1) is 0 Å². The van der Waals surface area contributed by atoms with Crippen molar-refractivity contribution in [2.24, 2.45) is 0 Å². The lowest BCUT2D eigenvalue weighted by Crippen LogP contribution is -2.14. The van der Waals surface area contributed by atoms with Gasteiger partial charge in [-0.1, -0.05) is 0 Å². The van der Waals surface area contributed by atoms with E-state index in [-0.39, 0.29) is 0 Å². The zero-order chi connectivity index (χ0) is 12.9. The Morgan fingerprint density at radius 2 is 1.12 bits per heavy atom. The second-order valence-corrected chi connectivity index (χ2v) is 8.85. The maximum Gasteiger partial charge on any atom is 0.0226 e. The first-order chi connectivity index (χ1) is 8.28. The van der Waals surface area contributed by atoms with Crippen molar-refractivity contribution in [3.05, 3.63) is 0 Å². The van der Waals surface area contributed by atoms with Gasteiger partial charge in [0.1, 0.15) is 0 Å². The van der Waals surface area contributed by atoms with Crippen molar-refractivity contribution in [3.63, 3.8) is 0 Å². The number of thioether (sulfide) groups is 3. The molecule has 0 radical (unpaired) electrons. The Labute approximate surface area is 141 Å². The molecule has 0 fully saturated rings. The quantitative estimate of drug-likeness (QED) is 0.390. The third-order valence-corrected chi connectivity index (χ3v) is 8.52. The van der Waals surface area contributed by atoms with Crippen LogP contribution in [0.2, 0.25) is 0 Å². The maximum absolute atomic E-state index is 4.40. The Balaban J connectivity index is 3.61. The lowest BCUT2D eigenvalue weighted by atomic mass is 10.5. The minimum absolute atomic E-state index is 0.658. The number of rotatable bonds is 12. The van der Waals surface area contributed by atoms with Gasteiger partial charge in [-0.25, -0.2) is 0 Å². The minimum atomic E-state index is 0.658. The summed E-state index contributed by atoms with van der Waals surface area (Å²) >= 11 is 23.3. The summed E-state index contributed by atoms with van der Waals surface area (Å²) in [5.74, 6) is 8.45. The Morgan fingerprint density at radius 1 is 0.706 bits per heavy atom. The van der Waals surface area contributed by atoms with E-state index in [0.29, 0.717) is 10.5 Å². The molecule has 0 aliphatic rings. The maximum atomic E-state index is 4.40. The van der Waals surface area contributed by atoms with Gasteiger partial charge in [-0.3, -0.25) is 0 Å². The molecule has 0 heterocycles. The first-order valence-electron chi connectivity index (χ1n) is 5.52. The van der Waals surface area contributed by atoms with E-state index in [2.05, 4.69) is 50.5 Å². The van der Waals surface area contributed by atoms with Crippen molar-refractivity contribution >= 4 is 85.8 Å². The van der Waals surface area contributed by atoms with Crippen LogP contribution in [-0.2, 0) is 0 Å². The van der Waals surface area contributed by atoms with Gasteiger partial charge in [-0.2, -0.15) is 85.8 Å². The monoisotopic (exact) mass is 366 g/mol. The van der Waals surface area contributed by atoms with Crippen molar-refractivity contribution < 1.29 is 0 Å². The fourth-order valence-corrected chi connectivity index (χ4v) is 6.28. The summed E-state index contributed by atoms with van der Waals surface area (Å²) in [6.07, 6.45) is 0. The van der Waals surface area contributed by atoms with Crippen LogP contribution in [0.3, 0.4) is 0 Å². The summed E-state index contributed by atoms with van der Waals surface area (Å²) in [6.45, 7) is 0. The van der Waals surface area contributed by atoms with Crippen LogP contribution < -0.4 is 0 Å². The van der Waals surface area contributed by atoms with Gasteiger partial charge in [-0.15, -0.1) is 0 Å². The summed E-state index contributed by atoms with van der Waals surface area (Å²) in [7, 11) is 0. The van der Waals surface area contributed by atoms with Gasteiger partial charge < -0.3 is 0 Å². The van der Waals surface area contributed by atoms with Crippen molar-refractivity contribution in [3.8, 4) is 0 Å². The van der Waals surface area contributed by atoms with E-state index in [4.69, 9.17) is 0 Å². The van der Waals surface area contributed by atoms with Gasteiger partial charge in [-0.05, 0) is 11.5 Å². The highest BCUT2D eigenvalue weighted by molar-refractivity contribution is 8.05. The van der Waals surface area contributed by atoms with Crippen molar-refractivity contribution in [1.82, 2.24) is 0 Å². The Bertz CT molecular complexity index is 140. The SMILES string of the molecule is SCCSC(CS)CSC[C@@H](CS)SCCS. The molecule has 0 bridgehead atoms. The molecule has 1 unspecified atom stereocenters. The summed E-state index contributed by atoms with van der Waals surface area (Å²) in [4.78, 5) is 0.